The van der Waals surface area contributed by atoms with Crippen LogP contribution in [0.5, 0.6) is 0 Å². The van der Waals surface area contributed by atoms with Gasteiger partial charge in [-0.15, -0.1) is 0 Å². The smallest absolute Gasteiger partial charge is 0.120 e. The quantitative estimate of drug-likeness (QED) is 0.840. The van der Waals surface area contributed by atoms with Crippen molar-refractivity contribution in [1.29, 1.82) is 0 Å². The van der Waals surface area contributed by atoms with Crippen LogP contribution in [0.4, 0.5) is 0 Å². The first-order chi connectivity index (χ1) is 7.75. The van der Waals surface area contributed by atoms with Gasteiger partial charge in [-0.2, -0.15) is 0 Å². The van der Waals surface area contributed by atoms with Gasteiger partial charge in [-0.3, -0.25) is 0 Å². The fourth-order valence-corrected chi connectivity index (χ4v) is 1.65. The van der Waals surface area contributed by atoms with Crippen molar-refractivity contribution in [3.63, 3.8) is 0 Å². The number of furan rings is 2. The van der Waals surface area contributed by atoms with E-state index in [2.05, 4.69) is 19.2 Å². The van der Waals surface area contributed by atoms with Crippen LogP contribution >= 0.6 is 0 Å². The average molecular weight is 219 g/mol. The molecule has 2 aromatic rings. The summed E-state index contributed by atoms with van der Waals surface area (Å²) in [4.78, 5) is 0. The van der Waals surface area contributed by atoms with Gasteiger partial charge in [0.1, 0.15) is 11.5 Å². The summed E-state index contributed by atoms with van der Waals surface area (Å²) in [6.07, 6.45) is 4.33. The normalized spacial score (nSPS) is 12.9. The van der Waals surface area contributed by atoms with Gasteiger partial charge in [0, 0.05) is 12.5 Å². The molecular formula is C13H17NO2. The summed E-state index contributed by atoms with van der Waals surface area (Å²) in [5.74, 6) is 2.02. The first kappa shape index (κ1) is 11.0. The van der Waals surface area contributed by atoms with Crippen LogP contribution in [0.1, 0.15) is 24.0 Å². The van der Waals surface area contributed by atoms with Gasteiger partial charge < -0.3 is 14.2 Å². The van der Waals surface area contributed by atoms with E-state index in [1.807, 2.05) is 18.2 Å². The molecule has 0 aliphatic rings. The number of hydrogen-bond acceptors (Lipinski definition) is 3. The monoisotopic (exact) mass is 219 g/mol. The molecule has 0 radical (unpaired) electrons. The molecule has 0 aliphatic carbocycles. The minimum atomic E-state index is 0.371. The molecule has 2 heterocycles. The third-order valence-corrected chi connectivity index (χ3v) is 2.67. The second kappa shape index (κ2) is 5.03. The zero-order chi connectivity index (χ0) is 11.4. The van der Waals surface area contributed by atoms with Gasteiger partial charge in [0.25, 0.3) is 0 Å². The standard InChI is InChI=1S/C13H17NO2/c1-10-5-7-16-13(10)9-14-11(2)8-12-4-3-6-15-12/h3-7,11,14H,8-9H2,1-2H3. The largest absolute Gasteiger partial charge is 0.469 e. The third-order valence-electron chi connectivity index (χ3n) is 2.67. The van der Waals surface area contributed by atoms with Crippen LogP contribution in [0.3, 0.4) is 0 Å². The molecule has 0 saturated carbocycles. The summed E-state index contributed by atoms with van der Waals surface area (Å²) in [5, 5.41) is 3.41. The fourth-order valence-electron chi connectivity index (χ4n) is 1.65. The number of rotatable bonds is 5. The van der Waals surface area contributed by atoms with Gasteiger partial charge in [-0.25, -0.2) is 0 Å². The van der Waals surface area contributed by atoms with Gasteiger partial charge in [0.15, 0.2) is 0 Å². The molecule has 0 amide bonds. The third kappa shape index (κ3) is 2.76. The SMILES string of the molecule is Cc1ccoc1CNC(C)Cc1ccco1. The zero-order valence-corrected chi connectivity index (χ0v) is 9.69. The molecular weight excluding hydrogens is 202 g/mol. The Morgan fingerprint density at radius 1 is 1.25 bits per heavy atom. The molecule has 0 aromatic carbocycles. The first-order valence-electron chi connectivity index (χ1n) is 5.54. The Kier molecular flexibility index (Phi) is 3.47. The van der Waals surface area contributed by atoms with Crippen molar-refractivity contribution in [2.24, 2.45) is 0 Å². The van der Waals surface area contributed by atoms with Crippen molar-refractivity contribution < 1.29 is 8.83 Å². The maximum atomic E-state index is 5.36. The second-order valence-electron chi connectivity index (χ2n) is 4.09. The van der Waals surface area contributed by atoms with E-state index < -0.39 is 0 Å². The molecule has 3 nitrogen and oxygen atoms in total. The lowest BCUT2D eigenvalue weighted by molar-refractivity contribution is 0.426. The fraction of sp³-hybridized carbons (Fsp3) is 0.385. The Labute approximate surface area is 95.5 Å². The lowest BCUT2D eigenvalue weighted by Crippen LogP contribution is -2.27. The highest BCUT2D eigenvalue weighted by molar-refractivity contribution is 5.14. The summed E-state index contributed by atoms with van der Waals surface area (Å²) < 4.78 is 10.7. The molecule has 0 saturated heterocycles. The van der Waals surface area contributed by atoms with Crippen molar-refractivity contribution in [2.75, 3.05) is 0 Å². The Morgan fingerprint density at radius 3 is 2.75 bits per heavy atom. The van der Waals surface area contributed by atoms with E-state index in [0.717, 1.165) is 24.5 Å². The van der Waals surface area contributed by atoms with Crippen LogP contribution in [-0.2, 0) is 13.0 Å². The molecule has 0 aliphatic heterocycles. The molecule has 3 heteroatoms. The van der Waals surface area contributed by atoms with Gasteiger partial charge in [0.05, 0.1) is 19.1 Å². The minimum Gasteiger partial charge on any atom is -0.469 e. The molecule has 86 valence electrons. The second-order valence-corrected chi connectivity index (χ2v) is 4.09. The number of aryl methyl sites for hydroxylation is 1. The van der Waals surface area contributed by atoms with Crippen LogP contribution in [0, 0.1) is 6.92 Å². The molecule has 1 atom stereocenters. The predicted molar refractivity (Wildman–Crippen MR) is 62.2 cm³/mol. The van der Waals surface area contributed by atoms with E-state index >= 15 is 0 Å². The summed E-state index contributed by atoms with van der Waals surface area (Å²) in [5.41, 5.74) is 1.19. The van der Waals surface area contributed by atoms with Gasteiger partial charge in [-0.05, 0) is 37.6 Å². The topological polar surface area (TPSA) is 38.3 Å². The Balaban J connectivity index is 1.80. The number of hydrogen-bond donors (Lipinski definition) is 1. The Hall–Kier alpha value is -1.48. The predicted octanol–water partition coefficient (Wildman–Crippen LogP) is 2.90. The van der Waals surface area contributed by atoms with E-state index in [9.17, 15) is 0 Å². The highest BCUT2D eigenvalue weighted by atomic mass is 16.3. The van der Waals surface area contributed by atoms with Crippen LogP contribution in [-0.4, -0.2) is 6.04 Å². The lowest BCUT2D eigenvalue weighted by atomic mass is 10.2. The highest BCUT2D eigenvalue weighted by Crippen LogP contribution is 2.09. The summed E-state index contributed by atoms with van der Waals surface area (Å²) in [7, 11) is 0. The van der Waals surface area contributed by atoms with Crippen molar-refractivity contribution in [3.8, 4) is 0 Å². The maximum absolute atomic E-state index is 5.36. The summed E-state index contributed by atoms with van der Waals surface area (Å²) in [6, 6.07) is 6.26. The van der Waals surface area contributed by atoms with Crippen molar-refractivity contribution in [2.45, 2.75) is 32.9 Å². The van der Waals surface area contributed by atoms with Crippen molar-refractivity contribution in [3.05, 3.63) is 47.8 Å². The van der Waals surface area contributed by atoms with E-state index in [1.165, 1.54) is 5.56 Å². The van der Waals surface area contributed by atoms with E-state index in [0.29, 0.717) is 6.04 Å². The molecule has 0 bridgehead atoms. The van der Waals surface area contributed by atoms with E-state index in [1.54, 1.807) is 12.5 Å². The van der Waals surface area contributed by atoms with E-state index in [-0.39, 0.29) is 0 Å². The first-order valence-corrected chi connectivity index (χ1v) is 5.54. The molecule has 0 fully saturated rings. The van der Waals surface area contributed by atoms with Crippen LogP contribution in [0.2, 0.25) is 0 Å². The molecule has 1 N–H and O–H groups in total. The molecule has 2 aromatic heterocycles. The van der Waals surface area contributed by atoms with Crippen LogP contribution < -0.4 is 5.32 Å². The summed E-state index contributed by atoms with van der Waals surface area (Å²) in [6.45, 7) is 4.96. The Bertz CT molecular complexity index is 417. The van der Waals surface area contributed by atoms with Crippen molar-refractivity contribution in [1.82, 2.24) is 5.32 Å². The molecule has 16 heavy (non-hydrogen) atoms. The number of nitrogens with one attached hydrogen (secondary N) is 1. The minimum absolute atomic E-state index is 0.371. The highest BCUT2D eigenvalue weighted by Gasteiger charge is 2.07. The van der Waals surface area contributed by atoms with Crippen molar-refractivity contribution >= 4 is 0 Å². The van der Waals surface area contributed by atoms with Crippen LogP contribution in [0.15, 0.2) is 39.6 Å². The molecule has 1 unspecified atom stereocenters. The molecule has 2 rings (SSSR count). The van der Waals surface area contributed by atoms with Gasteiger partial charge >= 0.3 is 0 Å². The lowest BCUT2D eigenvalue weighted by Gasteiger charge is -2.11. The Morgan fingerprint density at radius 2 is 2.12 bits per heavy atom. The van der Waals surface area contributed by atoms with E-state index in [4.69, 9.17) is 8.83 Å². The average Bonchev–Trinajstić information content (AvgIpc) is 2.87. The maximum Gasteiger partial charge on any atom is 0.120 e. The molecule has 0 spiro atoms. The summed E-state index contributed by atoms with van der Waals surface area (Å²) >= 11 is 0. The zero-order valence-electron chi connectivity index (χ0n) is 9.69. The van der Waals surface area contributed by atoms with Gasteiger partial charge in [-0.1, -0.05) is 0 Å². The van der Waals surface area contributed by atoms with Gasteiger partial charge in [0.2, 0.25) is 0 Å². The van der Waals surface area contributed by atoms with Crippen LogP contribution in [0.25, 0.3) is 0 Å².